The molecule has 0 heterocycles. The molecule has 1 amide bonds. The Labute approximate surface area is 172 Å². The zero-order chi connectivity index (χ0) is 20.1. The van der Waals surface area contributed by atoms with Crippen molar-refractivity contribution in [3.05, 3.63) is 95.3 Å². The average Bonchev–Trinajstić information content (AvgIpc) is 2.77. The third-order valence-corrected chi connectivity index (χ3v) is 4.95. The summed E-state index contributed by atoms with van der Waals surface area (Å²) in [6.45, 7) is 7.02. The Morgan fingerprint density at radius 3 is 2.07 bits per heavy atom. The van der Waals surface area contributed by atoms with Gasteiger partial charge in [0.15, 0.2) is 11.5 Å². The predicted octanol–water partition coefficient (Wildman–Crippen LogP) is 5.49. The molecule has 0 aliphatic heterocycles. The first-order chi connectivity index (χ1) is 13.5. The maximum absolute atomic E-state index is 13.0. The molecular formula is C23H17BrN2O2. The smallest absolute Gasteiger partial charge is 0.237 e. The molecule has 0 N–H and O–H groups in total. The number of carbonyl (C=O) groups is 2. The van der Waals surface area contributed by atoms with Crippen LogP contribution in [0.3, 0.4) is 0 Å². The van der Waals surface area contributed by atoms with E-state index in [0.717, 1.165) is 11.1 Å². The third-order valence-electron chi connectivity index (χ3n) is 4.48. The Kier molecular flexibility index (Phi) is 6.03. The monoisotopic (exact) mass is 432 g/mol. The number of amides is 1. The van der Waals surface area contributed by atoms with Crippen molar-refractivity contribution in [3.8, 4) is 11.1 Å². The maximum Gasteiger partial charge on any atom is 0.237 e. The van der Waals surface area contributed by atoms with E-state index < -0.39 is 0 Å². The maximum atomic E-state index is 13.0. The summed E-state index contributed by atoms with van der Waals surface area (Å²) in [6.07, 6.45) is 0. The summed E-state index contributed by atoms with van der Waals surface area (Å²) in [7, 11) is 1.66. The van der Waals surface area contributed by atoms with Crippen molar-refractivity contribution in [2.75, 3.05) is 17.3 Å². The number of hydrogen-bond acceptors (Lipinski definition) is 2. The molecule has 4 nitrogen and oxygen atoms in total. The number of halogens is 1. The minimum absolute atomic E-state index is 0.126. The highest BCUT2D eigenvalue weighted by molar-refractivity contribution is 9.09. The van der Waals surface area contributed by atoms with Gasteiger partial charge < -0.3 is 4.90 Å². The molecule has 0 spiro atoms. The predicted molar refractivity (Wildman–Crippen MR) is 115 cm³/mol. The lowest BCUT2D eigenvalue weighted by Crippen LogP contribution is -2.28. The second-order valence-corrected chi connectivity index (χ2v) is 6.73. The highest BCUT2D eigenvalue weighted by atomic mass is 79.9. The number of anilines is 1. The highest BCUT2D eigenvalue weighted by Crippen LogP contribution is 2.26. The van der Waals surface area contributed by atoms with Crippen LogP contribution in [0.25, 0.3) is 16.0 Å². The van der Waals surface area contributed by atoms with Crippen LogP contribution >= 0.6 is 15.9 Å². The first kappa shape index (κ1) is 19.5. The fraction of sp³-hybridized carbons (Fsp3) is 0.0870. The topological polar surface area (TPSA) is 41.7 Å². The van der Waals surface area contributed by atoms with Crippen molar-refractivity contribution in [2.45, 2.75) is 0 Å². The van der Waals surface area contributed by atoms with E-state index in [1.54, 1.807) is 55.6 Å². The van der Waals surface area contributed by atoms with Crippen molar-refractivity contribution in [1.29, 1.82) is 0 Å². The normalized spacial score (nSPS) is 10.2. The highest BCUT2D eigenvalue weighted by Gasteiger charge is 2.18. The fourth-order valence-corrected chi connectivity index (χ4v) is 3.26. The quantitative estimate of drug-likeness (QED) is 0.303. The Morgan fingerprint density at radius 2 is 1.50 bits per heavy atom. The van der Waals surface area contributed by atoms with Gasteiger partial charge in [0, 0.05) is 18.2 Å². The van der Waals surface area contributed by atoms with Crippen LogP contribution in [0.4, 0.5) is 11.4 Å². The Hall–Kier alpha value is -3.23. The summed E-state index contributed by atoms with van der Waals surface area (Å²) in [5.41, 5.74) is 4.15. The van der Waals surface area contributed by atoms with Gasteiger partial charge in [0.25, 0.3) is 0 Å². The van der Waals surface area contributed by atoms with E-state index in [-0.39, 0.29) is 17.0 Å². The van der Waals surface area contributed by atoms with Crippen LogP contribution < -0.4 is 4.90 Å². The second kappa shape index (κ2) is 8.64. The molecule has 0 fully saturated rings. The van der Waals surface area contributed by atoms with E-state index in [9.17, 15) is 9.59 Å². The van der Waals surface area contributed by atoms with E-state index >= 15 is 0 Å². The molecule has 3 rings (SSSR count). The first-order valence-corrected chi connectivity index (χ1v) is 9.71. The minimum atomic E-state index is -0.139. The lowest BCUT2D eigenvalue weighted by molar-refractivity contribution is -0.115. The lowest BCUT2D eigenvalue weighted by atomic mass is 9.98. The summed E-state index contributed by atoms with van der Waals surface area (Å²) in [6, 6.07) is 21.7. The molecule has 0 unspecified atom stereocenters. The number of para-hydroxylation sites is 1. The van der Waals surface area contributed by atoms with Crippen molar-refractivity contribution in [1.82, 2.24) is 0 Å². The summed E-state index contributed by atoms with van der Waals surface area (Å²) in [5.74, 6) is -0.266. The van der Waals surface area contributed by atoms with Gasteiger partial charge in [-0.05, 0) is 23.3 Å². The number of ketones is 1. The number of nitrogens with zero attached hydrogens (tertiary/aromatic N) is 2. The minimum Gasteiger partial charge on any atom is -0.314 e. The van der Waals surface area contributed by atoms with E-state index in [2.05, 4.69) is 20.8 Å². The van der Waals surface area contributed by atoms with Gasteiger partial charge in [-0.3, -0.25) is 9.59 Å². The molecule has 0 radical (unpaired) electrons. The number of rotatable bonds is 5. The zero-order valence-corrected chi connectivity index (χ0v) is 16.8. The molecule has 3 aromatic rings. The summed E-state index contributed by atoms with van der Waals surface area (Å²) >= 11 is 3.17. The fourth-order valence-electron chi connectivity index (χ4n) is 2.88. The molecule has 0 bridgehead atoms. The van der Waals surface area contributed by atoms with Gasteiger partial charge in [-0.2, -0.15) is 0 Å². The van der Waals surface area contributed by atoms with Gasteiger partial charge in [0.05, 0.1) is 17.6 Å². The molecule has 0 aromatic heterocycles. The van der Waals surface area contributed by atoms with E-state index in [1.807, 2.05) is 24.3 Å². The molecule has 0 aliphatic carbocycles. The van der Waals surface area contributed by atoms with Gasteiger partial charge in [0.2, 0.25) is 5.91 Å². The third kappa shape index (κ3) is 4.03. The standard InChI is InChI=1S/C23H17BrN2O2/c1-25-19-13-11-17(12-14-19)16-7-9-18(10-8-16)23(28)20-5-3-4-6-21(20)26(2)22(27)15-24/h3-14H,15H2,2H3. The van der Waals surface area contributed by atoms with E-state index in [0.29, 0.717) is 22.5 Å². The van der Waals surface area contributed by atoms with E-state index in [4.69, 9.17) is 6.57 Å². The Bertz CT molecular complexity index is 1050. The van der Waals surface area contributed by atoms with Gasteiger partial charge >= 0.3 is 0 Å². The Balaban J connectivity index is 1.90. The van der Waals surface area contributed by atoms with Crippen LogP contribution in [-0.2, 0) is 4.79 Å². The molecule has 3 aromatic carbocycles. The summed E-state index contributed by atoms with van der Waals surface area (Å²) in [5, 5.41) is 0.188. The summed E-state index contributed by atoms with van der Waals surface area (Å²) in [4.78, 5) is 29.9. The number of benzene rings is 3. The molecule has 0 atom stereocenters. The molecule has 0 saturated carbocycles. The van der Waals surface area contributed by atoms with Gasteiger partial charge in [-0.15, -0.1) is 0 Å². The second-order valence-electron chi connectivity index (χ2n) is 6.17. The van der Waals surface area contributed by atoms with Crippen LogP contribution in [0.1, 0.15) is 15.9 Å². The average molecular weight is 433 g/mol. The SMILES string of the molecule is [C-]#[N+]c1ccc(-c2ccc(C(=O)c3ccccc3N(C)C(=O)CBr)cc2)cc1. The molecule has 0 aliphatic rings. The van der Waals surface area contributed by atoms with Crippen LogP contribution in [0.5, 0.6) is 0 Å². The van der Waals surface area contributed by atoms with Gasteiger partial charge in [-0.25, -0.2) is 4.85 Å². The van der Waals surface area contributed by atoms with Crippen molar-refractivity contribution < 1.29 is 9.59 Å². The largest absolute Gasteiger partial charge is 0.314 e. The molecule has 138 valence electrons. The van der Waals surface area contributed by atoms with Gasteiger partial charge in [0.1, 0.15) is 0 Å². The van der Waals surface area contributed by atoms with Gasteiger partial charge in [-0.1, -0.05) is 76.6 Å². The molecule has 5 heteroatoms. The lowest BCUT2D eigenvalue weighted by Gasteiger charge is -2.19. The number of hydrogen-bond donors (Lipinski definition) is 0. The van der Waals surface area contributed by atoms with Crippen LogP contribution in [-0.4, -0.2) is 24.1 Å². The number of alkyl halides is 1. The van der Waals surface area contributed by atoms with Crippen LogP contribution in [0, 0.1) is 6.57 Å². The van der Waals surface area contributed by atoms with Crippen molar-refractivity contribution in [3.63, 3.8) is 0 Å². The Morgan fingerprint density at radius 1 is 0.929 bits per heavy atom. The van der Waals surface area contributed by atoms with Crippen LogP contribution in [0.2, 0.25) is 0 Å². The summed E-state index contributed by atoms with van der Waals surface area (Å²) < 4.78 is 0. The molecule has 28 heavy (non-hydrogen) atoms. The van der Waals surface area contributed by atoms with Crippen molar-refractivity contribution in [2.24, 2.45) is 0 Å². The first-order valence-electron chi connectivity index (χ1n) is 8.59. The number of carbonyl (C=O) groups excluding carboxylic acids is 2. The van der Waals surface area contributed by atoms with Crippen molar-refractivity contribution >= 4 is 39.0 Å². The molecular weight excluding hydrogens is 416 g/mol. The van der Waals surface area contributed by atoms with Crippen LogP contribution in [0.15, 0.2) is 72.8 Å². The zero-order valence-electron chi connectivity index (χ0n) is 15.2. The van der Waals surface area contributed by atoms with E-state index in [1.165, 1.54) is 4.90 Å². The molecule has 0 saturated heterocycles.